The number of rotatable bonds is 18. The normalized spacial score (nSPS) is 20.1. The Morgan fingerprint density at radius 1 is 1.05 bits per heavy atom. The van der Waals surface area contributed by atoms with Gasteiger partial charge >= 0.3 is 0 Å². The molecule has 5 amide bonds. The number of benzene rings is 2. The summed E-state index contributed by atoms with van der Waals surface area (Å²) in [4.78, 5) is 89.5. The molecule has 0 spiro atoms. The van der Waals surface area contributed by atoms with E-state index >= 15 is 0 Å². The van der Waals surface area contributed by atoms with Crippen LogP contribution in [-0.2, 0) is 30.5 Å². The second-order valence-corrected chi connectivity index (χ2v) is 23.2. The number of likely N-dealkylation sites (tertiary alicyclic amines) is 1. The average molecular weight is 1060 g/mol. The lowest BCUT2D eigenvalue weighted by Crippen LogP contribution is -2.59. The van der Waals surface area contributed by atoms with Crippen LogP contribution in [0.15, 0.2) is 64.2 Å². The van der Waals surface area contributed by atoms with Crippen molar-refractivity contribution in [3.63, 3.8) is 0 Å². The zero-order chi connectivity index (χ0) is 52.2. The smallest absolute Gasteiger partial charge is 0.258 e. The molecule has 1 aliphatic carbocycles. The molecule has 3 aliphatic heterocycles. The van der Waals surface area contributed by atoms with Crippen LogP contribution in [0.25, 0.3) is 10.4 Å². The summed E-state index contributed by atoms with van der Waals surface area (Å²) >= 11 is 9.62. The molecule has 22 heteroatoms. The number of hydrogen-bond acceptors (Lipinski definition) is 15. The number of amides is 5. The summed E-state index contributed by atoms with van der Waals surface area (Å²) < 4.78 is 21.1. The summed E-state index contributed by atoms with van der Waals surface area (Å²) in [6.45, 7) is 13.0. The molecule has 8 rings (SSSR count). The number of hydrogen-bond donors (Lipinski definition) is 5. The van der Waals surface area contributed by atoms with Crippen molar-refractivity contribution in [1.82, 2.24) is 40.3 Å². The summed E-state index contributed by atoms with van der Waals surface area (Å²) in [6.07, 6.45) is 4.67. The first-order chi connectivity index (χ1) is 34.7. The third-order valence-electron chi connectivity index (χ3n) is 14.1. The number of thiazole rings is 1. The van der Waals surface area contributed by atoms with Gasteiger partial charge in [-0.1, -0.05) is 69.3 Å². The van der Waals surface area contributed by atoms with Gasteiger partial charge in [0.1, 0.15) is 35.3 Å². The van der Waals surface area contributed by atoms with E-state index in [9.17, 15) is 33.5 Å². The van der Waals surface area contributed by atoms with Gasteiger partial charge in [0, 0.05) is 62.7 Å². The highest BCUT2D eigenvalue weighted by Crippen LogP contribution is 2.41. The molecule has 3 saturated heterocycles. The highest BCUT2D eigenvalue weighted by atomic mass is 35.5. The van der Waals surface area contributed by atoms with Crippen molar-refractivity contribution in [3.05, 3.63) is 70.6 Å². The fourth-order valence-electron chi connectivity index (χ4n) is 9.14. The van der Waals surface area contributed by atoms with E-state index < -0.39 is 47.0 Å². The molecule has 4 aliphatic rings. The molecule has 0 unspecified atom stereocenters. The molecular weight excluding hydrogens is 997 g/mol. The quantitative estimate of drug-likeness (QED) is 0.0879. The van der Waals surface area contributed by atoms with E-state index in [1.54, 1.807) is 50.8 Å². The number of piperazine rings is 1. The van der Waals surface area contributed by atoms with E-state index in [0.29, 0.717) is 58.1 Å². The number of aryl methyl sites for hydroxylation is 1. The van der Waals surface area contributed by atoms with Crippen molar-refractivity contribution in [3.8, 4) is 16.2 Å². The zero-order valence-electron chi connectivity index (χ0n) is 41.9. The SMILES string of the molecule is Cc1ncsc1-c1ccc(CNC(=O)[C@@H]2C[C@@H](O)CN2C(=O)[C@@H](NC(=O)C2(F)CC2)C(C)(C)C)c(OCCN2CCN(CC(=O)Nc3cccc(Sc4cnc(N5CCC(C)(CN)CC5)cn4)c3Cl)C(=O)C2)c1. The second kappa shape index (κ2) is 22.6. The molecule has 2 aromatic carbocycles. The van der Waals surface area contributed by atoms with Crippen LogP contribution in [0.5, 0.6) is 5.75 Å². The largest absolute Gasteiger partial charge is 0.492 e. The summed E-state index contributed by atoms with van der Waals surface area (Å²) in [5, 5.41) is 20.1. The minimum atomic E-state index is -1.99. The topological polar surface area (TPSA) is 229 Å². The fourth-order valence-corrected chi connectivity index (χ4v) is 11.0. The number of carbonyl (C=O) groups is 5. The summed E-state index contributed by atoms with van der Waals surface area (Å²) in [7, 11) is 0. The van der Waals surface area contributed by atoms with Crippen LogP contribution >= 0.6 is 34.7 Å². The maximum absolute atomic E-state index is 14.7. The van der Waals surface area contributed by atoms with Crippen molar-refractivity contribution in [2.24, 2.45) is 16.6 Å². The van der Waals surface area contributed by atoms with Crippen molar-refractivity contribution >= 4 is 75.7 Å². The number of aliphatic hydroxyl groups excluding tert-OH is 1. The van der Waals surface area contributed by atoms with Crippen LogP contribution < -0.4 is 31.3 Å². The molecular formula is C51H65ClFN11O7S2. The van der Waals surface area contributed by atoms with Crippen LogP contribution in [-0.4, -0.2) is 154 Å². The number of β-amino-alcohol motifs (C(OH)–C–C–N with tert-alkyl or cyclic N) is 1. The van der Waals surface area contributed by atoms with Crippen LogP contribution in [0.4, 0.5) is 15.9 Å². The monoisotopic (exact) mass is 1060 g/mol. The number of alkyl halides is 1. The van der Waals surface area contributed by atoms with Crippen molar-refractivity contribution < 1.29 is 38.2 Å². The number of carbonyl (C=O) groups excluding carboxylic acids is 5. The third-order valence-corrected chi connectivity index (χ3v) is 16.6. The standard InChI is InChI=1S/C51H65ClFN11O7S2/c1-31-44(72-30-58-31)32-9-10-33(23-57-46(68)36-22-34(65)26-64(36)47(69)45(49(2,3)4)60-48(70)51(53)11-12-51)37(21-32)71-20-19-61-17-18-63(42(67)28-61)27-40(66)59-35-7-6-8-38(43(35)52)73-41-25-55-39(24-56-41)62-15-13-50(5,29-54)14-16-62/h6-10,21,24-25,30,34,36,45,65H,11-20,22-23,26-29,54H2,1-5H3,(H,57,68)(H,59,66)(H,60,70)/t34-,36+,45-/m1/s1. The lowest BCUT2D eigenvalue weighted by molar-refractivity contribution is -0.145. The number of nitrogens with two attached hydrogens (primary N) is 1. The van der Waals surface area contributed by atoms with Gasteiger partial charge in [0.25, 0.3) is 5.91 Å². The van der Waals surface area contributed by atoms with Gasteiger partial charge in [-0.25, -0.2) is 19.3 Å². The van der Waals surface area contributed by atoms with E-state index in [-0.39, 0.29) is 69.3 Å². The van der Waals surface area contributed by atoms with Gasteiger partial charge in [-0.3, -0.25) is 28.9 Å². The summed E-state index contributed by atoms with van der Waals surface area (Å²) in [6, 6.07) is 8.84. The Bertz CT molecular complexity index is 2680. The van der Waals surface area contributed by atoms with Gasteiger partial charge in [0.2, 0.25) is 23.6 Å². The molecule has 2 aromatic heterocycles. The average Bonchev–Trinajstić information content (AvgIpc) is 3.77. The first-order valence-electron chi connectivity index (χ1n) is 24.7. The number of halogens is 2. The molecule has 0 bridgehead atoms. The van der Waals surface area contributed by atoms with E-state index in [1.165, 1.54) is 32.9 Å². The number of anilines is 2. The van der Waals surface area contributed by atoms with E-state index in [0.717, 1.165) is 47.9 Å². The number of piperidine rings is 1. The van der Waals surface area contributed by atoms with Gasteiger partial charge in [-0.05, 0) is 73.7 Å². The van der Waals surface area contributed by atoms with Crippen molar-refractivity contribution in [2.45, 2.75) is 107 Å². The first-order valence-corrected chi connectivity index (χ1v) is 26.8. The molecule has 6 N–H and O–H groups in total. The molecule has 5 heterocycles. The van der Waals surface area contributed by atoms with Crippen LogP contribution in [0, 0.1) is 17.8 Å². The fraction of sp³-hybridized carbons (Fsp3) is 0.529. The Balaban J connectivity index is 0.833. The van der Waals surface area contributed by atoms with E-state index in [2.05, 4.69) is 42.7 Å². The minimum Gasteiger partial charge on any atom is -0.492 e. The molecule has 4 fully saturated rings. The second-order valence-electron chi connectivity index (χ2n) is 20.9. The molecule has 3 atom stereocenters. The number of nitrogens with zero attached hydrogens (tertiary/aromatic N) is 7. The van der Waals surface area contributed by atoms with Crippen LogP contribution in [0.2, 0.25) is 5.02 Å². The van der Waals surface area contributed by atoms with Gasteiger partial charge in [0.05, 0.1) is 58.4 Å². The van der Waals surface area contributed by atoms with E-state index in [1.807, 2.05) is 36.1 Å². The highest BCUT2D eigenvalue weighted by Gasteiger charge is 2.53. The molecule has 18 nitrogen and oxygen atoms in total. The molecule has 392 valence electrons. The Morgan fingerprint density at radius 2 is 1.82 bits per heavy atom. The maximum atomic E-state index is 14.7. The first kappa shape index (κ1) is 53.8. The predicted molar refractivity (Wildman–Crippen MR) is 278 cm³/mol. The Kier molecular flexibility index (Phi) is 16.6. The zero-order valence-corrected chi connectivity index (χ0v) is 44.3. The highest BCUT2D eigenvalue weighted by molar-refractivity contribution is 7.99. The van der Waals surface area contributed by atoms with Crippen molar-refractivity contribution in [1.29, 1.82) is 0 Å². The Hall–Kier alpha value is -5.45. The third kappa shape index (κ3) is 13.1. The number of ether oxygens (including phenoxy) is 1. The van der Waals surface area contributed by atoms with Crippen molar-refractivity contribution in [2.75, 3.05) is 75.7 Å². The molecule has 0 radical (unpaired) electrons. The summed E-state index contributed by atoms with van der Waals surface area (Å²) in [5.74, 6) is -1.20. The van der Waals surface area contributed by atoms with E-state index in [4.69, 9.17) is 22.1 Å². The Morgan fingerprint density at radius 3 is 2.48 bits per heavy atom. The van der Waals surface area contributed by atoms with Crippen LogP contribution in [0.1, 0.15) is 71.1 Å². The molecule has 4 aromatic rings. The van der Waals surface area contributed by atoms with Crippen LogP contribution in [0.3, 0.4) is 0 Å². The van der Waals surface area contributed by atoms with Gasteiger partial charge in [-0.15, -0.1) is 11.3 Å². The van der Waals surface area contributed by atoms with Gasteiger partial charge in [0.15, 0.2) is 5.67 Å². The van der Waals surface area contributed by atoms with Gasteiger partial charge in [-0.2, -0.15) is 0 Å². The molecule has 1 saturated carbocycles. The number of aliphatic hydroxyl groups is 1. The molecule has 73 heavy (non-hydrogen) atoms. The predicted octanol–water partition coefficient (Wildman–Crippen LogP) is 5.05. The van der Waals surface area contributed by atoms with Gasteiger partial charge < -0.3 is 46.2 Å². The number of nitrogens with one attached hydrogen (secondary N) is 3. The maximum Gasteiger partial charge on any atom is 0.258 e. The lowest BCUT2D eigenvalue weighted by atomic mass is 9.80. The lowest BCUT2D eigenvalue weighted by Gasteiger charge is -2.39. The Labute approximate surface area is 438 Å². The minimum absolute atomic E-state index is 0.0110. The number of aromatic nitrogens is 3. The summed E-state index contributed by atoms with van der Waals surface area (Å²) in [5.41, 5.74) is 7.88.